The molecule has 3 rings (SSSR count). The van der Waals surface area contributed by atoms with Crippen LogP contribution in [-0.2, 0) is 4.79 Å². The molecule has 1 N–H and O–H groups in total. The normalized spacial score (nSPS) is 37.6. The van der Waals surface area contributed by atoms with E-state index < -0.39 is 13.5 Å². The van der Waals surface area contributed by atoms with Crippen LogP contribution in [0.4, 0.5) is 0 Å². The van der Waals surface area contributed by atoms with Crippen molar-refractivity contribution in [1.82, 2.24) is 0 Å². The van der Waals surface area contributed by atoms with E-state index in [1.54, 1.807) is 6.08 Å². The number of allylic oxidation sites excluding steroid dienone is 4. The maximum absolute atomic E-state index is 12.6. The summed E-state index contributed by atoms with van der Waals surface area (Å²) in [7, 11) is -1.60. The van der Waals surface area contributed by atoms with Crippen LogP contribution >= 0.6 is 0 Å². The average Bonchev–Trinajstić information content (AvgIpc) is 2.57. The van der Waals surface area contributed by atoms with Gasteiger partial charge in [0.05, 0.1) is 17.1 Å². The number of hydrogen-bond donors (Lipinski definition) is 1. The number of ketones is 1. The second-order valence-corrected chi connectivity index (χ2v) is 15.2. The smallest absolute Gasteiger partial charge is 0.196 e. The van der Waals surface area contributed by atoms with E-state index in [9.17, 15) is 15.2 Å². The van der Waals surface area contributed by atoms with Crippen LogP contribution in [0.3, 0.4) is 0 Å². The van der Waals surface area contributed by atoms with E-state index in [0.29, 0.717) is 5.92 Å². The van der Waals surface area contributed by atoms with Crippen molar-refractivity contribution in [2.45, 2.75) is 72.2 Å². The molecule has 2 fully saturated rings. The number of carbonyl (C=O) groups excluding carboxylic acids is 1. The predicted octanol–water partition coefficient (Wildman–Crippen LogP) is 4.41. The minimum atomic E-state index is -1.60. The zero-order chi connectivity index (χ0) is 20.3. The standard InChI is InChI=1S/C23H31NO2Si/c1-21(2)18-7-10-23(11-12-27(4,5)6)14-16(15-24)17(25)13-19(23)22(18,3)9-8-20(21)26/h13-14,18,20,26H,7-10H2,1-6H3/t18-,20+,22-,23+/m0/s1. The van der Waals surface area contributed by atoms with Gasteiger partial charge in [-0.1, -0.05) is 46.3 Å². The van der Waals surface area contributed by atoms with Crippen LogP contribution < -0.4 is 0 Å². The number of aliphatic hydroxyl groups excluding tert-OH is 1. The first-order valence-corrected chi connectivity index (χ1v) is 13.5. The molecule has 4 heteroatoms. The first kappa shape index (κ1) is 20.1. The van der Waals surface area contributed by atoms with Gasteiger partial charge in [0.25, 0.3) is 0 Å². The summed E-state index contributed by atoms with van der Waals surface area (Å²) in [5.74, 6) is 3.67. The molecule has 4 atom stereocenters. The van der Waals surface area contributed by atoms with Gasteiger partial charge in [0.2, 0.25) is 0 Å². The first-order valence-electron chi connectivity index (χ1n) is 9.98. The number of aliphatic hydroxyl groups is 1. The highest BCUT2D eigenvalue weighted by atomic mass is 28.3. The molecule has 0 spiro atoms. The Labute approximate surface area is 164 Å². The summed E-state index contributed by atoms with van der Waals surface area (Å²) in [6.45, 7) is 13.2. The van der Waals surface area contributed by atoms with Crippen LogP contribution in [0.1, 0.15) is 46.5 Å². The summed E-state index contributed by atoms with van der Waals surface area (Å²) in [6, 6.07) is 2.09. The molecule has 0 heterocycles. The molecule has 0 aromatic rings. The van der Waals surface area contributed by atoms with Crippen LogP contribution in [0, 0.1) is 45.0 Å². The Kier molecular flexibility index (Phi) is 4.62. The molecule has 3 nitrogen and oxygen atoms in total. The fourth-order valence-corrected chi connectivity index (χ4v) is 6.19. The van der Waals surface area contributed by atoms with Crippen LogP contribution in [-0.4, -0.2) is 25.1 Å². The van der Waals surface area contributed by atoms with Gasteiger partial charge >= 0.3 is 0 Å². The molecule has 0 bridgehead atoms. The third-order valence-corrected chi connectivity index (χ3v) is 7.97. The van der Waals surface area contributed by atoms with Crippen molar-refractivity contribution >= 4 is 13.9 Å². The summed E-state index contributed by atoms with van der Waals surface area (Å²) in [5.41, 5.74) is 3.93. The molecule has 0 aliphatic heterocycles. The molecule has 0 radical (unpaired) electrons. The molecule has 3 aliphatic carbocycles. The Hall–Kier alpha value is -1.62. The minimum absolute atomic E-state index is 0.178. The van der Waals surface area contributed by atoms with Gasteiger partial charge in [-0.15, -0.1) is 5.54 Å². The number of fused-ring (bicyclic) bond motifs is 3. The Balaban J connectivity index is 2.19. The molecule has 3 aliphatic rings. The Morgan fingerprint density at radius 3 is 2.44 bits per heavy atom. The fourth-order valence-electron chi connectivity index (χ4n) is 5.59. The highest BCUT2D eigenvalue weighted by Gasteiger charge is 2.59. The number of nitriles is 1. The van der Waals surface area contributed by atoms with Gasteiger partial charge in [-0.2, -0.15) is 5.26 Å². The van der Waals surface area contributed by atoms with Crippen molar-refractivity contribution in [3.8, 4) is 17.5 Å². The number of hydrogen-bond acceptors (Lipinski definition) is 3. The van der Waals surface area contributed by atoms with Gasteiger partial charge in [0.15, 0.2) is 5.78 Å². The van der Waals surface area contributed by atoms with Crippen molar-refractivity contribution < 1.29 is 9.90 Å². The Morgan fingerprint density at radius 1 is 1.19 bits per heavy atom. The third-order valence-electron chi connectivity index (χ3n) is 7.10. The molecule has 0 saturated heterocycles. The topological polar surface area (TPSA) is 61.1 Å². The minimum Gasteiger partial charge on any atom is -0.393 e. The van der Waals surface area contributed by atoms with Crippen molar-refractivity contribution in [3.63, 3.8) is 0 Å². The molecular weight excluding hydrogens is 350 g/mol. The highest BCUT2D eigenvalue weighted by Crippen LogP contribution is 2.65. The molecule has 0 aromatic heterocycles. The van der Waals surface area contributed by atoms with E-state index in [2.05, 4.69) is 57.9 Å². The molecule has 144 valence electrons. The summed E-state index contributed by atoms with van der Waals surface area (Å²) < 4.78 is 0. The summed E-state index contributed by atoms with van der Waals surface area (Å²) in [5, 5.41) is 20.1. The SMILES string of the molecule is CC1(C)[C@H](O)CC[C@]2(C)C3=CC(=O)C(C#N)=C[C@]3(C#C[Si](C)(C)C)CC[C@@H]12. The summed E-state index contributed by atoms with van der Waals surface area (Å²) >= 11 is 0. The lowest BCUT2D eigenvalue weighted by molar-refractivity contribution is -0.113. The van der Waals surface area contributed by atoms with Gasteiger partial charge in [0, 0.05) is 0 Å². The second-order valence-electron chi connectivity index (χ2n) is 10.4. The second kappa shape index (κ2) is 6.19. The van der Waals surface area contributed by atoms with Crippen molar-refractivity contribution in [3.05, 3.63) is 23.3 Å². The van der Waals surface area contributed by atoms with Crippen molar-refractivity contribution in [1.29, 1.82) is 5.26 Å². The van der Waals surface area contributed by atoms with Gasteiger partial charge < -0.3 is 5.11 Å². The van der Waals surface area contributed by atoms with Gasteiger partial charge in [-0.3, -0.25) is 4.79 Å². The average molecular weight is 382 g/mol. The van der Waals surface area contributed by atoms with Crippen molar-refractivity contribution in [2.24, 2.45) is 22.2 Å². The van der Waals surface area contributed by atoms with E-state index in [0.717, 1.165) is 31.3 Å². The molecule has 0 unspecified atom stereocenters. The number of nitrogens with zero attached hydrogens (tertiary/aromatic N) is 1. The monoisotopic (exact) mass is 381 g/mol. The van der Waals surface area contributed by atoms with E-state index in [4.69, 9.17) is 0 Å². The van der Waals surface area contributed by atoms with Gasteiger partial charge in [-0.05, 0) is 60.2 Å². The fraction of sp³-hybridized carbons (Fsp3) is 0.652. The molecule has 0 amide bonds. The maximum Gasteiger partial charge on any atom is 0.196 e. The van der Waals surface area contributed by atoms with E-state index in [-0.39, 0.29) is 28.3 Å². The zero-order valence-electron chi connectivity index (χ0n) is 17.4. The van der Waals surface area contributed by atoms with Crippen LogP contribution in [0.5, 0.6) is 0 Å². The molecule has 27 heavy (non-hydrogen) atoms. The molecule has 2 saturated carbocycles. The first-order chi connectivity index (χ1) is 12.4. The lowest BCUT2D eigenvalue weighted by Gasteiger charge is -2.60. The van der Waals surface area contributed by atoms with Crippen LogP contribution in [0.25, 0.3) is 0 Å². The lowest BCUT2D eigenvalue weighted by Crippen LogP contribution is -2.55. The summed E-state index contributed by atoms with van der Waals surface area (Å²) in [4.78, 5) is 12.6. The lowest BCUT2D eigenvalue weighted by atomic mass is 9.44. The third kappa shape index (κ3) is 3.14. The van der Waals surface area contributed by atoms with Gasteiger partial charge in [-0.25, -0.2) is 0 Å². The molecular formula is C23H31NO2Si. The van der Waals surface area contributed by atoms with E-state index in [1.807, 2.05) is 6.08 Å². The summed E-state index contributed by atoms with van der Waals surface area (Å²) in [6.07, 6.45) is 6.61. The Morgan fingerprint density at radius 2 is 1.85 bits per heavy atom. The van der Waals surface area contributed by atoms with E-state index >= 15 is 0 Å². The predicted molar refractivity (Wildman–Crippen MR) is 110 cm³/mol. The largest absolute Gasteiger partial charge is 0.393 e. The Bertz CT molecular complexity index is 842. The number of rotatable bonds is 0. The van der Waals surface area contributed by atoms with Crippen LogP contribution in [0.2, 0.25) is 19.6 Å². The molecule has 0 aromatic carbocycles. The van der Waals surface area contributed by atoms with Crippen LogP contribution in [0.15, 0.2) is 23.3 Å². The van der Waals surface area contributed by atoms with Crippen molar-refractivity contribution in [2.75, 3.05) is 0 Å². The maximum atomic E-state index is 12.6. The van der Waals surface area contributed by atoms with Gasteiger partial charge in [0.1, 0.15) is 14.1 Å². The quantitative estimate of drug-likeness (QED) is 0.499. The highest BCUT2D eigenvalue weighted by molar-refractivity contribution is 6.83. The van der Waals surface area contributed by atoms with E-state index in [1.165, 1.54) is 0 Å². The zero-order valence-corrected chi connectivity index (χ0v) is 18.4. The number of carbonyl (C=O) groups is 1.